The Labute approximate surface area is 80.2 Å². The Hall–Kier alpha value is -0.590. The summed E-state index contributed by atoms with van der Waals surface area (Å²) in [5.41, 5.74) is 0.178. The fourth-order valence-electron chi connectivity index (χ4n) is 3.49. The number of hydrogen-bond donors (Lipinski definition) is 0. The Balaban J connectivity index is 2.42. The summed E-state index contributed by atoms with van der Waals surface area (Å²) in [5.74, 6) is 1.13. The van der Waals surface area contributed by atoms with Gasteiger partial charge in [-0.1, -0.05) is 19.9 Å². The number of Topliss-reactive ketones (excluding diaryl/α,β-unsaturated/α-hetero) is 1. The summed E-state index contributed by atoms with van der Waals surface area (Å²) < 4.78 is 0. The van der Waals surface area contributed by atoms with E-state index in [1.807, 2.05) is 6.08 Å². The minimum Gasteiger partial charge on any atom is -0.299 e. The molecule has 2 saturated carbocycles. The third-order valence-electron chi connectivity index (χ3n) is 4.63. The van der Waals surface area contributed by atoms with Crippen molar-refractivity contribution in [2.45, 2.75) is 39.5 Å². The van der Waals surface area contributed by atoms with Crippen LogP contribution in [0.4, 0.5) is 0 Å². The second-order valence-electron chi connectivity index (χ2n) is 5.16. The zero-order valence-electron chi connectivity index (χ0n) is 8.60. The Bertz CT molecular complexity index is 264. The highest BCUT2D eigenvalue weighted by Crippen LogP contribution is 2.65. The number of carbonyl (C=O) groups excluding carboxylic acids is 1. The first-order chi connectivity index (χ1) is 6.04. The molecule has 2 rings (SSSR count). The van der Waals surface area contributed by atoms with Crippen molar-refractivity contribution < 1.29 is 4.79 Å². The number of allylic oxidation sites excluding steroid dienone is 1. The average Bonchev–Trinajstić information content (AvgIpc) is 2.38. The predicted octanol–water partition coefficient (Wildman–Crippen LogP) is 2.96. The minimum absolute atomic E-state index is 0.0422. The van der Waals surface area contributed by atoms with Crippen LogP contribution in [0.15, 0.2) is 12.7 Å². The van der Waals surface area contributed by atoms with Crippen LogP contribution in [0.1, 0.15) is 39.5 Å². The molecule has 0 saturated heterocycles. The van der Waals surface area contributed by atoms with Gasteiger partial charge in [0.15, 0.2) is 0 Å². The number of hydrogen-bond acceptors (Lipinski definition) is 1. The normalized spacial score (nSPS) is 41.1. The van der Waals surface area contributed by atoms with E-state index in [4.69, 9.17) is 0 Å². The molecule has 0 aromatic heterocycles. The van der Waals surface area contributed by atoms with Gasteiger partial charge in [0.2, 0.25) is 0 Å². The monoisotopic (exact) mass is 178 g/mol. The summed E-state index contributed by atoms with van der Waals surface area (Å²) in [4.78, 5) is 11.9. The first-order valence-corrected chi connectivity index (χ1v) is 5.19. The summed E-state index contributed by atoms with van der Waals surface area (Å²) in [6.07, 6.45) is 5.96. The fraction of sp³-hybridized carbons (Fsp3) is 0.750. The van der Waals surface area contributed by atoms with Gasteiger partial charge in [0.25, 0.3) is 0 Å². The molecule has 0 N–H and O–H groups in total. The molecule has 2 aliphatic carbocycles. The van der Waals surface area contributed by atoms with Crippen LogP contribution in [0.5, 0.6) is 0 Å². The highest BCUT2D eigenvalue weighted by atomic mass is 16.1. The first-order valence-electron chi connectivity index (χ1n) is 5.19. The summed E-state index contributed by atoms with van der Waals surface area (Å²) in [7, 11) is 0. The van der Waals surface area contributed by atoms with Gasteiger partial charge in [-0.15, -0.1) is 6.58 Å². The largest absolute Gasteiger partial charge is 0.299 e. The maximum absolute atomic E-state index is 11.9. The van der Waals surface area contributed by atoms with Crippen LogP contribution in [-0.4, -0.2) is 5.78 Å². The lowest BCUT2D eigenvalue weighted by atomic mass is 9.67. The van der Waals surface area contributed by atoms with Gasteiger partial charge in [0.05, 0.1) is 0 Å². The van der Waals surface area contributed by atoms with E-state index < -0.39 is 0 Å². The van der Waals surface area contributed by atoms with Crippen LogP contribution in [0.3, 0.4) is 0 Å². The van der Waals surface area contributed by atoms with Crippen molar-refractivity contribution in [2.24, 2.45) is 16.7 Å². The molecule has 2 fully saturated rings. The van der Waals surface area contributed by atoms with Crippen LogP contribution < -0.4 is 0 Å². The third kappa shape index (κ3) is 0.853. The quantitative estimate of drug-likeness (QED) is 0.594. The molecule has 13 heavy (non-hydrogen) atoms. The van der Waals surface area contributed by atoms with Crippen molar-refractivity contribution in [3.8, 4) is 0 Å². The van der Waals surface area contributed by atoms with E-state index in [1.165, 1.54) is 6.42 Å². The van der Waals surface area contributed by atoms with E-state index in [2.05, 4.69) is 20.4 Å². The van der Waals surface area contributed by atoms with Gasteiger partial charge in [0.1, 0.15) is 5.78 Å². The molecule has 1 heteroatoms. The van der Waals surface area contributed by atoms with Crippen LogP contribution >= 0.6 is 0 Å². The van der Waals surface area contributed by atoms with E-state index in [1.54, 1.807) is 0 Å². The molecule has 72 valence electrons. The van der Waals surface area contributed by atoms with E-state index >= 15 is 0 Å². The Morgan fingerprint density at radius 1 is 1.62 bits per heavy atom. The van der Waals surface area contributed by atoms with Crippen molar-refractivity contribution in [3.05, 3.63) is 12.7 Å². The van der Waals surface area contributed by atoms with Crippen molar-refractivity contribution in [2.75, 3.05) is 0 Å². The smallest absolute Gasteiger partial charge is 0.140 e. The molecule has 0 radical (unpaired) electrons. The first kappa shape index (κ1) is 8.98. The topological polar surface area (TPSA) is 17.1 Å². The van der Waals surface area contributed by atoms with Crippen LogP contribution in [0.25, 0.3) is 0 Å². The maximum atomic E-state index is 11.9. The molecule has 2 unspecified atom stereocenters. The summed E-state index contributed by atoms with van der Waals surface area (Å²) in [5, 5.41) is 0. The van der Waals surface area contributed by atoms with E-state index in [0.29, 0.717) is 11.7 Å². The molecule has 0 aromatic carbocycles. The van der Waals surface area contributed by atoms with Gasteiger partial charge >= 0.3 is 0 Å². The Morgan fingerprint density at radius 2 is 2.31 bits per heavy atom. The average molecular weight is 178 g/mol. The molecule has 0 aliphatic heterocycles. The summed E-state index contributed by atoms with van der Waals surface area (Å²) >= 11 is 0. The van der Waals surface area contributed by atoms with Gasteiger partial charge in [-0.2, -0.15) is 0 Å². The molecular weight excluding hydrogens is 160 g/mol. The molecule has 2 aliphatic rings. The zero-order chi connectivity index (χ0) is 9.69. The van der Waals surface area contributed by atoms with E-state index in [0.717, 1.165) is 19.3 Å². The molecule has 2 atom stereocenters. The summed E-state index contributed by atoms with van der Waals surface area (Å²) in [6, 6.07) is 0. The molecular formula is C12H18O. The predicted molar refractivity (Wildman–Crippen MR) is 53.4 cm³/mol. The van der Waals surface area contributed by atoms with Gasteiger partial charge in [-0.05, 0) is 30.6 Å². The van der Waals surface area contributed by atoms with Crippen molar-refractivity contribution in [3.63, 3.8) is 0 Å². The Kier molecular flexibility index (Phi) is 1.70. The van der Waals surface area contributed by atoms with Gasteiger partial charge in [0, 0.05) is 11.8 Å². The lowest BCUT2D eigenvalue weighted by Gasteiger charge is -2.35. The molecule has 2 bridgehead atoms. The minimum atomic E-state index is -0.0422. The van der Waals surface area contributed by atoms with Gasteiger partial charge in [-0.25, -0.2) is 0 Å². The van der Waals surface area contributed by atoms with Crippen molar-refractivity contribution >= 4 is 5.78 Å². The van der Waals surface area contributed by atoms with Crippen LogP contribution in [-0.2, 0) is 4.79 Å². The van der Waals surface area contributed by atoms with Crippen molar-refractivity contribution in [1.29, 1.82) is 0 Å². The molecule has 0 aromatic rings. The summed E-state index contributed by atoms with van der Waals surface area (Å²) in [6.45, 7) is 8.31. The van der Waals surface area contributed by atoms with E-state index in [-0.39, 0.29) is 10.8 Å². The number of rotatable bonds is 2. The van der Waals surface area contributed by atoms with Gasteiger partial charge in [-0.3, -0.25) is 4.79 Å². The van der Waals surface area contributed by atoms with Crippen molar-refractivity contribution in [1.82, 2.24) is 0 Å². The molecule has 0 heterocycles. The maximum Gasteiger partial charge on any atom is 0.140 e. The van der Waals surface area contributed by atoms with Crippen LogP contribution in [0.2, 0.25) is 0 Å². The molecule has 1 nitrogen and oxygen atoms in total. The lowest BCUT2D eigenvalue weighted by molar-refractivity contribution is -0.129. The zero-order valence-corrected chi connectivity index (χ0v) is 8.60. The molecule has 0 spiro atoms. The Morgan fingerprint density at radius 3 is 2.69 bits per heavy atom. The van der Waals surface area contributed by atoms with E-state index in [9.17, 15) is 4.79 Å². The highest BCUT2D eigenvalue weighted by Gasteiger charge is 2.63. The lowest BCUT2D eigenvalue weighted by Crippen LogP contribution is -2.35. The van der Waals surface area contributed by atoms with Gasteiger partial charge < -0.3 is 0 Å². The highest BCUT2D eigenvalue weighted by molar-refractivity contribution is 5.89. The van der Waals surface area contributed by atoms with Crippen LogP contribution in [0, 0.1) is 16.7 Å². The number of carbonyl (C=O) groups is 1. The standard InChI is InChI=1S/C12H18O/c1-4-6-12-7-5-9(8-10(12)13)11(12,2)3/h4,9H,1,5-8H2,2-3H3. The molecule has 0 amide bonds. The second kappa shape index (κ2) is 2.46. The third-order valence-corrected chi connectivity index (χ3v) is 4.63. The fourth-order valence-corrected chi connectivity index (χ4v) is 3.49. The SMILES string of the molecule is C=CCC12CCC(CC1=O)C2(C)C. The number of fused-ring (bicyclic) bond motifs is 2. The number of ketones is 1. The second-order valence-corrected chi connectivity index (χ2v) is 5.16.